The zero-order valence-corrected chi connectivity index (χ0v) is 11.9. The van der Waals surface area contributed by atoms with Crippen molar-refractivity contribution in [1.29, 1.82) is 0 Å². The first-order valence-electron chi connectivity index (χ1n) is 6.02. The molecule has 0 saturated heterocycles. The van der Waals surface area contributed by atoms with E-state index in [1.165, 1.54) is 12.4 Å². The lowest BCUT2D eigenvalue weighted by Gasteiger charge is -2.15. The van der Waals surface area contributed by atoms with Crippen molar-refractivity contribution in [3.05, 3.63) is 40.7 Å². The van der Waals surface area contributed by atoms with E-state index in [4.69, 9.17) is 22.1 Å². The molecule has 5 heteroatoms. The van der Waals surface area contributed by atoms with E-state index >= 15 is 0 Å². The van der Waals surface area contributed by atoms with Crippen LogP contribution in [-0.2, 0) is 0 Å². The number of rotatable bonds is 3. The molecule has 0 saturated carbocycles. The molecular weight excluding hydrogens is 262 g/mol. The van der Waals surface area contributed by atoms with Crippen LogP contribution in [0.5, 0.6) is 11.8 Å². The van der Waals surface area contributed by atoms with E-state index in [0.717, 1.165) is 22.6 Å². The van der Waals surface area contributed by atoms with Gasteiger partial charge >= 0.3 is 6.01 Å². The van der Waals surface area contributed by atoms with Gasteiger partial charge in [0.25, 0.3) is 0 Å². The van der Waals surface area contributed by atoms with Crippen molar-refractivity contribution in [3.8, 4) is 11.8 Å². The van der Waals surface area contributed by atoms with Gasteiger partial charge in [0.1, 0.15) is 5.75 Å². The molecule has 100 valence electrons. The Morgan fingerprint density at radius 3 is 2.42 bits per heavy atom. The van der Waals surface area contributed by atoms with Crippen LogP contribution in [0.1, 0.15) is 30.9 Å². The lowest BCUT2D eigenvalue weighted by Crippen LogP contribution is -2.00. The van der Waals surface area contributed by atoms with Gasteiger partial charge in [-0.1, -0.05) is 25.4 Å². The summed E-state index contributed by atoms with van der Waals surface area (Å²) < 4.78 is 5.73. The quantitative estimate of drug-likeness (QED) is 0.863. The Labute approximate surface area is 117 Å². The lowest BCUT2D eigenvalue weighted by molar-refractivity contribution is 0.434. The molecule has 0 fully saturated rings. The predicted molar refractivity (Wildman–Crippen MR) is 76.8 cm³/mol. The molecule has 0 aliphatic rings. The summed E-state index contributed by atoms with van der Waals surface area (Å²) in [6, 6.07) is 4.11. The average molecular weight is 278 g/mol. The van der Waals surface area contributed by atoms with E-state index < -0.39 is 0 Å². The third-order valence-electron chi connectivity index (χ3n) is 2.82. The summed E-state index contributed by atoms with van der Waals surface area (Å²) >= 11 is 5.75. The van der Waals surface area contributed by atoms with E-state index in [1.807, 2.05) is 19.1 Å². The summed E-state index contributed by atoms with van der Waals surface area (Å²) in [6.45, 7) is 6.11. The molecule has 0 aliphatic heterocycles. The van der Waals surface area contributed by atoms with Crippen LogP contribution >= 0.6 is 11.6 Å². The van der Waals surface area contributed by atoms with Crippen LogP contribution in [0.4, 0.5) is 5.69 Å². The Bertz CT molecular complexity index is 582. The van der Waals surface area contributed by atoms with Crippen LogP contribution in [0.25, 0.3) is 0 Å². The van der Waals surface area contributed by atoms with Gasteiger partial charge in [-0.15, -0.1) is 0 Å². The van der Waals surface area contributed by atoms with Crippen LogP contribution in [0.15, 0.2) is 24.5 Å². The summed E-state index contributed by atoms with van der Waals surface area (Å²) in [6.07, 6.45) is 3.01. The van der Waals surface area contributed by atoms with Crippen LogP contribution in [0, 0.1) is 6.92 Å². The number of aromatic nitrogens is 2. The van der Waals surface area contributed by atoms with Crippen LogP contribution < -0.4 is 10.5 Å². The van der Waals surface area contributed by atoms with Crippen molar-refractivity contribution in [2.75, 3.05) is 5.73 Å². The molecule has 1 heterocycles. The second-order valence-electron chi connectivity index (χ2n) is 4.69. The number of anilines is 1. The first-order valence-corrected chi connectivity index (χ1v) is 6.40. The molecule has 2 rings (SSSR count). The normalized spacial score (nSPS) is 10.8. The topological polar surface area (TPSA) is 61.0 Å². The highest BCUT2D eigenvalue weighted by atomic mass is 35.5. The third-order valence-corrected chi connectivity index (χ3v) is 3.01. The number of aryl methyl sites for hydroxylation is 1. The summed E-state index contributed by atoms with van der Waals surface area (Å²) in [4.78, 5) is 8.06. The highest BCUT2D eigenvalue weighted by molar-refractivity contribution is 6.30. The van der Waals surface area contributed by atoms with Gasteiger partial charge in [0.15, 0.2) is 0 Å². The number of halogens is 1. The Kier molecular flexibility index (Phi) is 3.90. The van der Waals surface area contributed by atoms with Crippen molar-refractivity contribution in [3.63, 3.8) is 0 Å². The van der Waals surface area contributed by atoms with Gasteiger partial charge in [-0.25, -0.2) is 9.97 Å². The fourth-order valence-electron chi connectivity index (χ4n) is 1.71. The summed E-state index contributed by atoms with van der Waals surface area (Å²) in [7, 11) is 0. The molecule has 4 nitrogen and oxygen atoms in total. The van der Waals surface area contributed by atoms with Crippen molar-refractivity contribution >= 4 is 17.3 Å². The number of benzene rings is 1. The van der Waals surface area contributed by atoms with Crippen LogP contribution in [-0.4, -0.2) is 9.97 Å². The predicted octanol–water partition coefficient (Wildman–Crippen LogP) is 3.94. The highest BCUT2D eigenvalue weighted by Gasteiger charge is 2.12. The fourth-order valence-corrected chi connectivity index (χ4v) is 1.80. The summed E-state index contributed by atoms with van der Waals surface area (Å²) in [5, 5.41) is 0.477. The van der Waals surface area contributed by atoms with Crippen molar-refractivity contribution < 1.29 is 4.74 Å². The zero-order valence-electron chi connectivity index (χ0n) is 11.1. The van der Waals surface area contributed by atoms with Crippen LogP contribution in [0.3, 0.4) is 0 Å². The first kappa shape index (κ1) is 13.6. The SMILES string of the molecule is Cc1cc(Oc2ncc(Cl)cn2)c(C(C)C)cc1N. The van der Waals surface area contributed by atoms with Gasteiger partial charge in [-0.05, 0) is 36.1 Å². The number of nitrogens with two attached hydrogens (primary N) is 1. The molecule has 19 heavy (non-hydrogen) atoms. The second kappa shape index (κ2) is 5.45. The summed E-state index contributed by atoms with van der Waals surface area (Å²) in [5.74, 6) is 1.02. The van der Waals surface area contributed by atoms with Gasteiger partial charge in [0.05, 0.1) is 17.4 Å². The molecular formula is C14H16ClN3O. The van der Waals surface area contributed by atoms with Gasteiger partial charge in [0, 0.05) is 5.69 Å². The minimum absolute atomic E-state index is 0.274. The number of hydrogen-bond acceptors (Lipinski definition) is 4. The number of hydrogen-bond donors (Lipinski definition) is 1. The smallest absolute Gasteiger partial charge is 0.321 e. The van der Waals surface area contributed by atoms with Gasteiger partial charge in [0.2, 0.25) is 0 Å². The maximum absolute atomic E-state index is 5.94. The molecule has 2 N–H and O–H groups in total. The molecule has 0 spiro atoms. The van der Waals surface area contributed by atoms with Crippen molar-refractivity contribution in [2.45, 2.75) is 26.7 Å². The monoisotopic (exact) mass is 277 g/mol. The number of nitrogens with zero attached hydrogens (tertiary/aromatic N) is 2. The molecule has 0 bridgehead atoms. The largest absolute Gasteiger partial charge is 0.424 e. The van der Waals surface area contributed by atoms with E-state index in [2.05, 4.69) is 23.8 Å². The van der Waals surface area contributed by atoms with Gasteiger partial charge in [-0.2, -0.15) is 0 Å². The standard InChI is InChI=1S/C14H16ClN3O/c1-8(2)11-5-12(16)9(3)4-13(11)19-14-17-6-10(15)7-18-14/h4-8H,16H2,1-3H3. The summed E-state index contributed by atoms with van der Waals surface area (Å²) in [5.41, 5.74) is 8.69. The van der Waals surface area contributed by atoms with Gasteiger partial charge < -0.3 is 10.5 Å². The van der Waals surface area contributed by atoms with Crippen LogP contribution in [0.2, 0.25) is 5.02 Å². The number of ether oxygens (including phenoxy) is 1. The molecule has 0 unspecified atom stereocenters. The molecule has 0 radical (unpaired) electrons. The molecule has 0 amide bonds. The Balaban J connectivity index is 2.38. The molecule has 0 atom stereocenters. The van der Waals surface area contributed by atoms with Crippen molar-refractivity contribution in [1.82, 2.24) is 9.97 Å². The highest BCUT2D eigenvalue weighted by Crippen LogP contribution is 2.33. The molecule has 0 aliphatic carbocycles. The minimum Gasteiger partial charge on any atom is -0.424 e. The zero-order chi connectivity index (χ0) is 14.0. The second-order valence-corrected chi connectivity index (χ2v) is 5.12. The third kappa shape index (κ3) is 3.15. The van der Waals surface area contributed by atoms with Gasteiger partial charge in [-0.3, -0.25) is 0 Å². The van der Waals surface area contributed by atoms with E-state index in [0.29, 0.717) is 10.9 Å². The van der Waals surface area contributed by atoms with E-state index in [9.17, 15) is 0 Å². The fraction of sp³-hybridized carbons (Fsp3) is 0.286. The average Bonchev–Trinajstić information content (AvgIpc) is 2.36. The molecule has 1 aromatic heterocycles. The minimum atomic E-state index is 0.274. The Morgan fingerprint density at radius 2 is 1.84 bits per heavy atom. The Morgan fingerprint density at radius 1 is 1.21 bits per heavy atom. The molecule has 2 aromatic rings. The number of nitrogen functional groups attached to an aromatic ring is 1. The first-order chi connectivity index (χ1) is 8.97. The van der Waals surface area contributed by atoms with Crippen molar-refractivity contribution in [2.24, 2.45) is 0 Å². The Hall–Kier alpha value is -1.81. The van der Waals surface area contributed by atoms with E-state index in [-0.39, 0.29) is 6.01 Å². The van der Waals surface area contributed by atoms with E-state index in [1.54, 1.807) is 0 Å². The maximum Gasteiger partial charge on any atom is 0.321 e. The lowest BCUT2D eigenvalue weighted by atomic mass is 9.99. The molecule has 1 aromatic carbocycles. The maximum atomic E-state index is 5.94.